The predicted molar refractivity (Wildman–Crippen MR) is 93.7 cm³/mol. The minimum absolute atomic E-state index is 0.353. The van der Waals surface area contributed by atoms with E-state index in [1.165, 1.54) is 29.8 Å². The Morgan fingerprint density at radius 1 is 1.08 bits per heavy atom. The van der Waals surface area contributed by atoms with Crippen LogP contribution in [0.2, 0.25) is 0 Å². The highest BCUT2D eigenvalue weighted by Crippen LogP contribution is 2.14. The number of benzene rings is 2. The summed E-state index contributed by atoms with van der Waals surface area (Å²) in [4.78, 5) is 17.1. The Kier molecular flexibility index (Phi) is 6.07. The van der Waals surface area contributed by atoms with Crippen molar-refractivity contribution in [2.24, 2.45) is 5.16 Å². The topological polar surface area (TPSA) is 50.7 Å². The Balaban J connectivity index is 1.86. The number of amides is 1. The molecule has 1 amide bonds. The number of halogens is 1. The molecule has 4 nitrogen and oxygen atoms in total. The standard InChI is InChI=1S/C19H21FN2O2/c1-13(2)16-6-4-15(5-7-16)12-21-24-14(3)19(23)22-18-10-8-17(20)9-11-18/h4-14H,1-3H3,(H,22,23)/b21-12-/t14-/m1/s1. The lowest BCUT2D eigenvalue weighted by Gasteiger charge is -2.10. The Bertz CT molecular complexity index is 694. The molecule has 0 heterocycles. The molecule has 5 heteroatoms. The average molecular weight is 328 g/mol. The summed E-state index contributed by atoms with van der Waals surface area (Å²) in [5.74, 6) is -0.235. The first-order chi connectivity index (χ1) is 11.5. The van der Waals surface area contributed by atoms with Crippen LogP contribution in [0.1, 0.15) is 37.8 Å². The van der Waals surface area contributed by atoms with E-state index >= 15 is 0 Å². The second-order valence-corrected chi connectivity index (χ2v) is 5.80. The molecule has 126 valence electrons. The van der Waals surface area contributed by atoms with E-state index in [2.05, 4.69) is 24.3 Å². The third-order valence-corrected chi connectivity index (χ3v) is 3.50. The molecular formula is C19H21FN2O2. The summed E-state index contributed by atoms with van der Waals surface area (Å²) < 4.78 is 12.8. The lowest BCUT2D eigenvalue weighted by atomic mass is 10.0. The molecule has 1 N–H and O–H groups in total. The smallest absolute Gasteiger partial charge is 0.267 e. The summed E-state index contributed by atoms with van der Waals surface area (Å²) in [7, 11) is 0. The molecule has 1 atom stereocenters. The molecule has 0 saturated heterocycles. The maximum absolute atomic E-state index is 12.8. The van der Waals surface area contributed by atoms with E-state index in [4.69, 9.17) is 4.84 Å². The predicted octanol–water partition coefficient (Wildman–Crippen LogP) is 4.33. The van der Waals surface area contributed by atoms with Gasteiger partial charge in [-0.1, -0.05) is 43.3 Å². The van der Waals surface area contributed by atoms with E-state index in [9.17, 15) is 9.18 Å². The van der Waals surface area contributed by atoms with Gasteiger partial charge in [0.2, 0.25) is 6.10 Å². The van der Waals surface area contributed by atoms with Gasteiger partial charge in [0, 0.05) is 5.69 Å². The first-order valence-corrected chi connectivity index (χ1v) is 7.81. The third-order valence-electron chi connectivity index (χ3n) is 3.50. The molecule has 0 aliphatic carbocycles. The van der Waals surface area contributed by atoms with Gasteiger partial charge in [0.05, 0.1) is 6.21 Å². The van der Waals surface area contributed by atoms with Gasteiger partial charge in [0.15, 0.2) is 0 Å². The van der Waals surface area contributed by atoms with Gasteiger partial charge in [-0.05, 0) is 48.2 Å². The van der Waals surface area contributed by atoms with Crippen LogP contribution in [0.15, 0.2) is 53.7 Å². The third kappa shape index (κ3) is 5.19. The number of oxime groups is 1. The second kappa shape index (κ2) is 8.24. The summed E-state index contributed by atoms with van der Waals surface area (Å²) in [6.45, 7) is 5.86. The van der Waals surface area contributed by atoms with Gasteiger partial charge in [0.1, 0.15) is 5.82 Å². The van der Waals surface area contributed by atoms with E-state index in [0.29, 0.717) is 11.6 Å². The zero-order chi connectivity index (χ0) is 17.5. The summed E-state index contributed by atoms with van der Waals surface area (Å²) in [5, 5.41) is 6.48. The lowest BCUT2D eigenvalue weighted by molar-refractivity contribution is -0.126. The number of nitrogens with one attached hydrogen (secondary N) is 1. The van der Waals surface area contributed by atoms with Crippen molar-refractivity contribution in [2.75, 3.05) is 5.32 Å². The van der Waals surface area contributed by atoms with E-state index in [1.807, 2.05) is 24.3 Å². The van der Waals surface area contributed by atoms with Gasteiger partial charge >= 0.3 is 0 Å². The van der Waals surface area contributed by atoms with Crippen LogP contribution in [-0.2, 0) is 9.63 Å². The highest BCUT2D eigenvalue weighted by molar-refractivity contribution is 5.93. The Morgan fingerprint density at radius 2 is 1.71 bits per heavy atom. The number of nitrogens with zero attached hydrogens (tertiary/aromatic N) is 1. The van der Waals surface area contributed by atoms with Gasteiger partial charge in [-0.15, -0.1) is 0 Å². The molecule has 0 bridgehead atoms. The minimum Gasteiger partial charge on any atom is -0.383 e. The van der Waals surface area contributed by atoms with Crippen molar-refractivity contribution >= 4 is 17.8 Å². The van der Waals surface area contributed by atoms with Gasteiger partial charge in [0.25, 0.3) is 5.91 Å². The van der Waals surface area contributed by atoms with Gasteiger partial charge < -0.3 is 10.2 Å². The monoisotopic (exact) mass is 328 g/mol. The SMILES string of the molecule is CC(C)c1ccc(/C=N\O[C@H](C)C(=O)Nc2ccc(F)cc2)cc1. The lowest BCUT2D eigenvalue weighted by Crippen LogP contribution is -2.26. The number of rotatable bonds is 6. The molecular weight excluding hydrogens is 307 g/mol. The summed E-state index contributed by atoms with van der Waals surface area (Å²) in [5.41, 5.74) is 2.65. The Morgan fingerprint density at radius 3 is 2.29 bits per heavy atom. The first kappa shape index (κ1) is 17.7. The summed E-state index contributed by atoms with van der Waals surface area (Å²) in [6, 6.07) is 13.5. The Hall–Kier alpha value is -2.69. The first-order valence-electron chi connectivity index (χ1n) is 7.81. The van der Waals surface area contributed by atoms with Crippen LogP contribution >= 0.6 is 0 Å². The largest absolute Gasteiger partial charge is 0.383 e. The van der Waals surface area contributed by atoms with Crippen LogP contribution in [0, 0.1) is 5.82 Å². The number of carbonyl (C=O) groups is 1. The number of anilines is 1. The zero-order valence-corrected chi connectivity index (χ0v) is 14.0. The van der Waals surface area contributed by atoms with Crippen molar-refractivity contribution < 1.29 is 14.0 Å². The molecule has 0 aliphatic rings. The molecule has 2 rings (SSSR count). The van der Waals surface area contributed by atoms with Crippen LogP contribution in [0.25, 0.3) is 0 Å². The highest BCUT2D eigenvalue weighted by atomic mass is 19.1. The van der Waals surface area contributed by atoms with Crippen molar-refractivity contribution in [1.29, 1.82) is 0 Å². The van der Waals surface area contributed by atoms with Crippen LogP contribution in [-0.4, -0.2) is 18.2 Å². The van der Waals surface area contributed by atoms with Crippen LogP contribution in [0.4, 0.5) is 10.1 Å². The molecule has 0 aromatic heterocycles. The van der Waals surface area contributed by atoms with E-state index < -0.39 is 6.10 Å². The van der Waals surface area contributed by atoms with Crippen LogP contribution in [0.3, 0.4) is 0 Å². The van der Waals surface area contributed by atoms with Crippen molar-refractivity contribution in [3.05, 3.63) is 65.5 Å². The summed E-state index contributed by atoms with van der Waals surface area (Å²) >= 11 is 0. The fourth-order valence-corrected chi connectivity index (χ4v) is 1.97. The molecule has 0 radical (unpaired) electrons. The highest BCUT2D eigenvalue weighted by Gasteiger charge is 2.14. The maximum Gasteiger partial charge on any atom is 0.267 e. The van der Waals surface area contributed by atoms with Crippen molar-refractivity contribution in [3.8, 4) is 0 Å². The molecule has 0 aliphatic heterocycles. The molecule has 24 heavy (non-hydrogen) atoms. The van der Waals surface area contributed by atoms with Crippen molar-refractivity contribution in [3.63, 3.8) is 0 Å². The van der Waals surface area contributed by atoms with Gasteiger partial charge in [-0.25, -0.2) is 4.39 Å². The van der Waals surface area contributed by atoms with Crippen LogP contribution in [0.5, 0.6) is 0 Å². The van der Waals surface area contributed by atoms with E-state index in [1.54, 1.807) is 13.1 Å². The zero-order valence-electron chi connectivity index (χ0n) is 14.0. The second-order valence-electron chi connectivity index (χ2n) is 5.80. The molecule has 0 fully saturated rings. The molecule has 0 unspecified atom stereocenters. The summed E-state index contributed by atoms with van der Waals surface area (Å²) in [6.07, 6.45) is 0.799. The minimum atomic E-state index is -0.763. The van der Waals surface area contributed by atoms with E-state index in [0.717, 1.165) is 5.56 Å². The normalized spacial score (nSPS) is 12.4. The molecule has 0 spiro atoms. The van der Waals surface area contributed by atoms with Crippen molar-refractivity contribution in [2.45, 2.75) is 32.8 Å². The molecule has 0 saturated carbocycles. The Labute approximate surface area is 141 Å². The molecule has 2 aromatic rings. The molecule has 2 aromatic carbocycles. The average Bonchev–Trinajstić information content (AvgIpc) is 2.57. The van der Waals surface area contributed by atoms with Gasteiger partial charge in [-0.3, -0.25) is 4.79 Å². The number of hydrogen-bond acceptors (Lipinski definition) is 3. The van der Waals surface area contributed by atoms with Crippen LogP contribution < -0.4 is 5.32 Å². The maximum atomic E-state index is 12.8. The van der Waals surface area contributed by atoms with Crippen molar-refractivity contribution in [1.82, 2.24) is 0 Å². The number of carbonyl (C=O) groups excluding carboxylic acids is 1. The van der Waals surface area contributed by atoms with Gasteiger partial charge in [-0.2, -0.15) is 0 Å². The quantitative estimate of drug-likeness (QED) is 0.634. The number of hydrogen-bond donors (Lipinski definition) is 1. The fraction of sp³-hybridized carbons (Fsp3) is 0.263. The van der Waals surface area contributed by atoms with E-state index in [-0.39, 0.29) is 11.7 Å². The fourth-order valence-electron chi connectivity index (χ4n) is 1.97.